The van der Waals surface area contributed by atoms with Gasteiger partial charge in [0.05, 0.1) is 0 Å². The van der Waals surface area contributed by atoms with Crippen LogP contribution >= 0.6 is 8.17 Å². The smallest absolute Gasteiger partial charge is 0.134 e. The van der Waals surface area contributed by atoms with E-state index < -0.39 is 8.17 Å². The summed E-state index contributed by atoms with van der Waals surface area (Å²) >= 11 is 0. The van der Waals surface area contributed by atoms with Gasteiger partial charge in [0.1, 0.15) is 13.2 Å². The predicted octanol–water partition coefficient (Wildman–Crippen LogP) is 1.50. The predicted molar refractivity (Wildman–Crippen MR) is 26.2 cm³/mol. The Morgan fingerprint density at radius 1 is 1.29 bits per heavy atom. The lowest BCUT2D eigenvalue weighted by Gasteiger charge is -1.96. The van der Waals surface area contributed by atoms with Crippen molar-refractivity contribution in [1.82, 2.24) is 0 Å². The van der Waals surface area contributed by atoms with Crippen molar-refractivity contribution in [3.8, 4) is 0 Å². The third-order valence-corrected chi connectivity index (χ3v) is 1.54. The summed E-state index contributed by atoms with van der Waals surface area (Å²) < 4.78 is 9.57. The molecule has 0 radical (unpaired) electrons. The molecule has 40 valence electrons. The van der Waals surface area contributed by atoms with Crippen LogP contribution in [0.15, 0.2) is 0 Å². The maximum absolute atomic E-state index is 6.89. The van der Waals surface area contributed by atoms with Gasteiger partial charge in [-0.05, 0) is 0 Å². The van der Waals surface area contributed by atoms with E-state index in [-0.39, 0.29) is 0 Å². The largest absolute Gasteiger partial charge is 0.556 e. The normalized spacial score (nSPS) is 22.6. The van der Waals surface area contributed by atoms with Gasteiger partial charge in [-0.15, -0.1) is 9.05 Å². The summed E-state index contributed by atoms with van der Waals surface area (Å²) in [6.07, 6.45) is 0.942. The first-order valence-electron chi connectivity index (χ1n) is 2.17. The molecule has 1 aliphatic heterocycles. The highest BCUT2D eigenvalue weighted by atomic mass is 31.1. The fourth-order valence-electron chi connectivity index (χ4n) is 0.391. The molecule has 7 heavy (non-hydrogen) atoms. The highest BCUT2D eigenvalue weighted by Gasteiger charge is 2.18. The number of hydrogen-bond donors (Lipinski definition) is 1. The Bertz CT molecular complexity index is 77.0. The summed E-state index contributed by atoms with van der Waals surface area (Å²) in [5, 5.41) is 6.89. The highest BCUT2D eigenvalue weighted by Crippen LogP contribution is 2.28. The van der Waals surface area contributed by atoms with Gasteiger partial charge < -0.3 is 0 Å². The van der Waals surface area contributed by atoms with Gasteiger partial charge in [-0.3, -0.25) is 0 Å². The number of hydrogen-bond acceptors (Lipinski definition) is 3. The third-order valence-electron chi connectivity index (χ3n) is 0.706. The lowest BCUT2D eigenvalue weighted by molar-refractivity contribution is 0.187. The molecule has 4 heteroatoms. The van der Waals surface area contributed by atoms with Crippen molar-refractivity contribution in [3.63, 3.8) is 0 Å². The molecular formula is C3H7NO2P+. The first-order chi connectivity index (χ1) is 3.39. The van der Waals surface area contributed by atoms with Crippen LogP contribution in [0.1, 0.15) is 6.42 Å². The van der Waals surface area contributed by atoms with Crippen LogP contribution in [0.2, 0.25) is 0 Å². The summed E-state index contributed by atoms with van der Waals surface area (Å²) in [5.74, 6) is 0. The molecule has 0 saturated carbocycles. The van der Waals surface area contributed by atoms with E-state index in [0.29, 0.717) is 13.2 Å². The van der Waals surface area contributed by atoms with Gasteiger partial charge in [-0.25, -0.2) is 0 Å². The zero-order valence-corrected chi connectivity index (χ0v) is 4.78. The summed E-state index contributed by atoms with van der Waals surface area (Å²) in [6.45, 7) is 1.41. The average molecular weight is 120 g/mol. The quantitative estimate of drug-likeness (QED) is 0.492. The van der Waals surface area contributed by atoms with E-state index in [1.54, 1.807) is 0 Å². The van der Waals surface area contributed by atoms with Crippen LogP contribution in [-0.2, 0) is 9.05 Å². The maximum atomic E-state index is 6.89. The molecule has 0 unspecified atom stereocenters. The molecule has 1 heterocycles. The van der Waals surface area contributed by atoms with Crippen LogP contribution < -0.4 is 0 Å². The fourth-order valence-corrected chi connectivity index (χ4v) is 1.06. The number of rotatable bonds is 0. The Hall–Kier alpha value is 0.0200. The van der Waals surface area contributed by atoms with Gasteiger partial charge in [-0.1, -0.05) is 5.16 Å². The molecule has 0 spiro atoms. The standard InChI is InChI=1S/C3H7NO2P/c4-7-5-2-1-3-6-7/h4H,1-3H2/q+1. The zero-order valence-electron chi connectivity index (χ0n) is 3.89. The van der Waals surface area contributed by atoms with Crippen molar-refractivity contribution >= 4 is 8.17 Å². The van der Waals surface area contributed by atoms with Crippen molar-refractivity contribution in [2.45, 2.75) is 6.42 Å². The maximum Gasteiger partial charge on any atom is 0.556 e. The van der Waals surface area contributed by atoms with E-state index in [4.69, 9.17) is 14.2 Å². The second-order valence-corrected chi connectivity index (χ2v) is 2.31. The lowest BCUT2D eigenvalue weighted by Crippen LogP contribution is -2.00. The molecule has 3 nitrogen and oxygen atoms in total. The highest BCUT2D eigenvalue weighted by molar-refractivity contribution is 7.34. The molecule has 0 amide bonds. The van der Waals surface area contributed by atoms with Crippen LogP contribution in [0.5, 0.6) is 0 Å². The van der Waals surface area contributed by atoms with Crippen molar-refractivity contribution in [2.75, 3.05) is 13.2 Å². The van der Waals surface area contributed by atoms with Crippen molar-refractivity contribution in [1.29, 1.82) is 5.16 Å². The van der Waals surface area contributed by atoms with E-state index in [1.807, 2.05) is 0 Å². The second-order valence-electron chi connectivity index (χ2n) is 1.28. The molecular weight excluding hydrogens is 113 g/mol. The monoisotopic (exact) mass is 120 g/mol. The van der Waals surface area contributed by atoms with Gasteiger partial charge >= 0.3 is 8.17 Å². The minimum absolute atomic E-state index is 0.704. The summed E-state index contributed by atoms with van der Waals surface area (Å²) in [7, 11) is -1.24. The van der Waals surface area contributed by atoms with E-state index in [9.17, 15) is 0 Å². The van der Waals surface area contributed by atoms with E-state index in [1.165, 1.54) is 0 Å². The second kappa shape index (κ2) is 2.36. The minimum Gasteiger partial charge on any atom is -0.134 e. The Balaban J connectivity index is 2.25. The molecule has 0 aromatic rings. The molecule has 1 fully saturated rings. The molecule has 0 aromatic carbocycles. The SMILES string of the molecule is N=[P+]1OCCCO1. The molecule has 1 aliphatic rings. The minimum atomic E-state index is -1.24. The Labute approximate surface area is 43.1 Å². The Kier molecular flexibility index (Phi) is 1.74. The molecule has 0 aromatic heterocycles. The average Bonchev–Trinajstić information content (AvgIpc) is 1.69. The zero-order chi connectivity index (χ0) is 5.11. The molecule has 1 N–H and O–H groups in total. The molecule has 0 atom stereocenters. The van der Waals surface area contributed by atoms with Gasteiger partial charge in [0, 0.05) is 6.42 Å². The lowest BCUT2D eigenvalue weighted by atomic mass is 10.5. The van der Waals surface area contributed by atoms with Gasteiger partial charge in [-0.2, -0.15) is 0 Å². The molecule has 0 bridgehead atoms. The van der Waals surface area contributed by atoms with Gasteiger partial charge in [0.2, 0.25) is 0 Å². The summed E-state index contributed by atoms with van der Waals surface area (Å²) in [6, 6.07) is 0. The van der Waals surface area contributed by atoms with Gasteiger partial charge in [0.25, 0.3) is 0 Å². The van der Waals surface area contributed by atoms with Crippen molar-refractivity contribution < 1.29 is 9.05 Å². The van der Waals surface area contributed by atoms with E-state index in [2.05, 4.69) is 0 Å². The number of nitrogens with one attached hydrogen (secondary N) is 1. The van der Waals surface area contributed by atoms with Crippen molar-refractivity contribution in [3.05, 3.63) is 0 Å². The van der Waals surface area contributed by atoms with E-state index >= 15 is 0 Å². The first-order valence-corrected chi connectivity index (χ1v) is 3.34. The summed E-state index contributed by atoms with van der Waals surface area (Å²) in [5.41, 5.74) is 0. The van der Waals surface area contributed by atoms with Crippen LogP contribution in [0, 0.1) is 5.16 Å². The van der Waals surface area contributed by atoms with E-state index in [0.717, 1.165) is 6.42 Å². The topological polar surface area (TPSA) is 42.3 Å². The molecule has 0 aliphatic carbocycles. The first kappa shape index (κ1) is 5.16. The van der Waals surface area contributed by atoms with Crippen LogP contribution in [0.25, 0.3) is 0 Å². The van der Waals surface area contributed by atoms with Crippen LogP contribution in [-0.4, -0.2) is 13.2 Å². The Morgan fingerprint density at radius 2 is 1.86 bits per heavy atom. The Morgan fingerprint density at radius 3 is 2.14 bits per heavy atom. The molecule has 1 saturated heterocycles. The summed E-state index contributed by atoms with van der Waals surface area (Å²) in [4.78, 5) is 0. The third kappa shape index (κ3) is 1.51. The van der Waals surface area contributed by atoms with Gasteiger partial charge in [0.15, 0.2) is 0 Å². The fraction of sp³-hybridized carbons (Fsp3) is 1.00. The van der Waals surface area contributed by atoms with Crippen LogP contribution in [0.4, 0.5) is 0 Å². The van der Waals surface area contributed by atoms with Crippen LogP contribution in [0.3, 0.4) is 0 Å². The van der Waals surface area contributed by atoms with Crippen molar-refractivity contribution in [2.24, 2.45) is 0 Å². The molecule has 1 rings (SSSR count).